The van der Waals surface area contributed by atoms with Crippen molar-refractivity contribution in [3.63, 3.8) is 0 Å². The molecule has 1 N–H and O–H groups in total. The number of rotatable bonds is 5. The second-order valence-electron chi connectivity index (χ2n) is 4.35. The lowest BCUT2D eigenvalue weighted by atomic mass is 10.4. The van der Waals surface area contributed by atoms with Crippen molar-refractivity contribution in [1.29, 1.82) is 0 Å². The minimum Gasteiger partial charge on any atom is -0.358 e. The van der Waals surface area contributed by atoms with Crippen LogP contribution in [0.2, 0.25) is 0 Å². The SMILES string of the molecule is Cc1c([N+](=O)[O-])c([N+](=O)[O-])nn1CC(=O)Nc1ccn(C)n1. The van der Waals surface area contributed by atoms with Gasteiger partial charge in [-0.15, -0.1) is 0 Å². The number of carbonyl (C=O) groups is 1. The van der Waals surface area contributed by atoms with E-state index in [4.69, 9.17) is 0 Å². The monoisotopic (exact) mass is 309 g/mol. The number of nitro groups is 2. The van der Waals surface area contributed by atoms with Gasteiger partial charge in [0.05, 0.1) is 10.0 Å². The van der Waals surface area contributed by atoms with E-state index in [0.29, 0.717) is 5.82 Å². The van der Waals surface area contributed by atoms with E-state index < -0.39 is 33.8 Å². The van der Waals surface area contributed by atoms with E-state index in [1.54, 1.807) is 19.3 Å². The van der Waals surface area contributed by atoms with E-state index >= 15 is 0 Å². The fourth-order valence-corrected chi connectivity index (χ4v) is 1.81. The van der Waals surface area contributed by atoms with Gasteiger partial charge in [0, 0.05) is 19.3 Å². The first-order valence-electron chi connectivity index (χ1n) is 5.95. The number of aromatic nitrogens is 4. The molecule has 116 valence electrons. The highest BCUT2D eigenvalue weighted by Gasteiger charge is 2.35. The van der Waals surface area contributed by atoms with E-state index in [1.807, 2.05) is 0 Å². The van der Waals surface area contributed by atoms with Crippen LogP contribution in [0, 0.1) is 27.2 Å². The maximum Gasteiger partial charge on any atom is 0.468 e. The van der Waals surface area contributed by atoms with E-state index in [0.717, 1.165) is 4.68 Å². The number of amides is 1. The molecule has 12 nitrogen and oxygen atoms in total. The van der Waals surface area contributed by atoms with Crippen LogP contribution in [0.3, 0.4) is 0 Å². The molecule has 0 aliphatic rings. The largest absolute Gasteiger partial charge is 0.468 e. The van der Waals surface area contributed by atoms with Crippen LogP contribution in [-0.4, -0.2) is 35.3 Å². The maximum atomic E-state index is 11.8. The Morgan fingerprint density at radius 2 is 2.00 bits per heavy atom. The summed E-state index contributed by atoms with van der Waals surface area (Å²) in [4.78, 5) is 31.6. The van der Waals surface area contributed by atoms with Gasteiger partial charge in [0.2, 0.25) is 5.91 Å². The Hall–Kier alpha value is -3.31. The molecule has 0 unspecified atom stereocenters. The summed E-state index contributed by atoms with van der Waals surface area (Å²) < 4.78 is 2.39. The summed E-state index contributed by atoms with van der Waals surface area (Å²) in [6, 6.07) is 1.55. The van der Waals surface area contributed by atoms with Crippen LogP contribution in [0.25, 0.3) is 0 Å². The van der Waals surface area contributed by atoms with Crippen molar-refractivity contribution >= 4 is 23.2 Å². The van der Waals surface area contributed by atoms with Crippen LogP contribution in [0.15, 0.2) is 12.3 Å². The van der Waals surface area contributed by atoms with Crippen LogP contribution >= 0.6 is 0 Å². The van der Waals surface area contributed by atoms with Crippen LogP contribution in [0.1, 0.15) is 5.69 Å². The van der Waals surface area contributed by atoms with Crippen molar-refractivity contribution in [2.45, 2.75) is 13.5 Å². The van der Waals surface area contributed by atoms with Gasteiger partial charge in [-0.3, -0.25) is 19.6 Å². The lowest BCUT2D eigenvalue weighted by molar-refractivity contribution is -0.424. The lowest BCUT2D eigenvalue weighted by Crippen LogP contribution is -2.20. The summed E-state index contributed by atoms with van der Waals surface area (Å²) in [6.45, 7) is 0.878. The molecular weight excluding hydrogens is 298 g/mol. The van der Waals surface area contributed by atoms with Crippen LogP contribution in [-0.2, 0) is 18.4 Å². The number of aryl methyl sites for hydroxylation is 1. The van der Waals surface area contributed by atoms with Gasteiger partial charge in [0.25, 0.3) is 0 Å². The molecule has 0 bridgehead atoms. The predicted octanol–water partition coefficient (Wildman–Crippen LogP) is 0.380. The average molecular weight is 309 g/mol. The van der Waals surface area contributed by atoms with Gasteiger partial charge < -0.3 is 15.4 Å². The fourth-order valence-electron chi connectivity index (χ4n) is 1.81. The number of nitrogens with one attached hydrogen (secondary N) is 1. The molecule has 0 spiro atoms. The molecule has 0 aliphatic heterocycles. The summed E-state index contributed by atoms with van der Waals surface area (Å²) in [5.41, 5.74) is -0.802. The molecule has 0 saturated heterocycles. The highest BCUT2D eigenvalue weighted by molar-refractivity contribution is 5.89. The quantitative estimate of drug-likeness (QED) is 0.619. The summed E-state index contributed by atoms with van der Waals surface area (Å²) in [7, 11) is 1.67. The number of carbonyl (C=O) groups excluding carboxylic acids is 1. The highest BCUT2D eigenvalue weighted by Crippen LogP contribution is 2.28. The first-order valence-corrected chi connectivity index (χ1v) is 5.95. The minimum atomic E-state index is -0.960. The summed E-state index contributed by atoms with van der Waals surface area (Å²) >= 11 is 0. The molecule has 0 aliphatic carbocycles. The van der Waals surface area contributed by atoms with Crippen molar-refractivity contribution in [3.8, 4) is 0 Å². The van der Waals surface area contributed by atoms with Crippen molar-refractivity contribution in [2.75, 3.05) is 5.32 Å². The number of hydrogen-bond donors (Lipinski definition) is 1. The third-order valence-corrected chi connectivity index (χ3v) is 2.79. The summed E-state index contributed by atoms with van der Waals surface area (Å²) in [6.07, 6.45) is 1.62. The zero-order valence-electron chi connectivity index (χ0n) is 11.6. The Morgan fingerprint density at radius 1 is 1.32 bits per heavy atom. The molecule has 2 rings (SSSR count). The first-order chi connectivity index (χ1) is 10.3. The minimum absolute atomic E-state index is 0.0760. The van der Waals surface area contributed by atoms with E-state index in [2.05, 4.69) is 15.5 Å². The second-order valence-corrected chi connectivity index (χ2v) is 4.35. The topological polar surface area (TPSA) is 151 Å². The van der Waals surface area contributed by atoms with Gasteiger partial charge in [-0.05, 0) is 11.8 Å². The van der Waals surface area contributed by atoms with E-state index in [-0.39, 0.29) is 5.69 Å². The van der Waals surface area contributed by atoms with Gasteiger partial charge in [-0.1, -0.05) is 0 Å². The Balaban J connectivity index is 2.22. The zero-order valence-corrected chi connectivity index (χ0v) is 11.6. The standard InChI is InChI=1S/C10H11N7O5/c1-6-9(16(19)20)10(17(21)22)13-15(6)5-8(18)11-7-3-4-14(2)12-7/h3-4H,5H2,1-2H3,(H,11,12,18). The predicted molar refractivity (Wildman–Crippen MR) is 72.1 cm³/mol. The molecule has 1 amide bonds. The van der Waals surface area contributed by atoms with Crippen molar-refractivity contribution in [1.82, 2.24) is 19.6 Å². The molecule has 0 aromatic carbocycles. The molecule has 22 heavy (non-hydrogen) atoms. The van der Waals surface area contributed by atoms with Gasteiger partial charge >= 0.3 is 11.5 Å². The Bertz CT molecular complexity index is 762. The molecule has 2 aromatic rings. The number of nitrogens with zero attached hydrogens (tertiary/aromatic N) is 6. The van der Waals surface area contributed by atoms with E-state index in [1.165, 1.54) is 11.6 Å². The van der Waals surface area contributed by atoms with Crippen molar-refractivity contribution in [2.24, 2.45) is 7.05 Å². The Labute approximate surface area is 122 Å². The molecule has 2 aromatic heterocycles. The van der Waals surface area contributed by atoms with Crippen LogP contribution in [0.5, 0.6) is 0 Å². The molecule has 0 atom stereocenters. The molecular formula is C10H11N7O5. The normalized spacial score (nSPS) is 10.5. The molecule has 0 saturated carbocycles. The van der Waals surface area contributed by atoms with Crippen LogP contribution < -0.4 is 5.32 Å². The van der Waals surface area contributed by atoms with Gasteiger partial charge in [-0.25, -0.2) is 0 Å². The molecule has 0 radical (unpaired) electrons. The van der Waals surface area contributed by atoms with Crippen molar-refractivity contribution < 1.29 is 14.6 Å². The Morgan fingerprint density at radius 3 is 2.45 bits per heavy atom. The number of anilines is 1. The summed E-state index contributed by atoms with van der Waals surface area (Å²) in [5, 5.41) is 31.6. The highest BCUT2D eigenvalue weighted by atomic mass is 16.6. The lowest BCUT2D eigenvalue weighted by Gasteiger charge is -2.00. The van der Waals surface area contributed by atoms with Gasteiger partial charge in [0.15, 0.2) is 5.82 Å². The Kier molecular flexibility index (Phi) is 3.83. The van der Waals surface area contributed by atoms with Gasteiger partial charge in [0.1, 0.15) is 12.2 Å². The maximum absolute atomic E-state index is 11.8. The van der Waals surface area contributed by atoms with Crippen LogP contribution in [0.4, 0.5) is 17.3 Å². The first kappa shape index (κ1) is 15.1. The number of hydrogen-bond acceptors (Lipinski definition) is 7. The van der Waals surface area contributed by atoms with Crippen molar-refractivity contribution in [3.05, 3.63) is 38.2 Å². The second kappa shape index (κ2) is 5.59. The van der Waals surface area contributed by atoms with Gasteiger partial charge in [-0.2, -0.15) is 9.78 Å². The van der Waals surface area contributed by atoms with E-state index in [9.17, 15) is 25.0 Å². The third kappa shape index (κ3) is 2.89. The molecule has 0 fully saturated rings. The smallest absolute Gasteiger partial charge is 0.358 e. The third-order valence-electron chi connectivity index (χ3n) is 2.79. The molecule has 12 heteroatoms. The summed E-state index contributed by atoms with van der Waals surface area (Å²) in [5.74, 6) is -1.16. The fraction of sp³-hybridized carbons (Fsp3) is 0.300. The molecule has 2 heterocycles. The average Bonchev–Trinajstić information content (AvgIpc) is 2.94. The zero-order chi connectivity index (χ0) is 16.4.